The highest BCUT2D eigenvalue weighted by Crippen LogP contribution is 2.10. The van der Waals surface area contributed by atoms with Crippen molar-refractivity contribution in [1.29, 1.82) is 0 Å². The van der Waals surface area contributed by atoms with Crippen LogP contribution in [0, 0.1) is 0 Å². The molecule has 0 aromatic heterocycles. The first-order valence-corrected chi connectivity index (χ1v) is 7.60. The van der Waals surface area contributed by atoms with Crippen LogP contribution in [0.2, 0.25) is 0 Å². The molecule has 126 valence electrons. The largest absolute Gasteiger partial charge is 0.338 e. The Kier molecular flexibility index (Phi) is 6.93. The number of hydrogen-bond acceptors (Lipinski definition) is 4. The second-order valence-electron chi connectivity index (χ2n) is 6.02. The predicted octanol–water partition coefficient (Wildman–Crippen LogP) is 1.84. The van der Waals surface area contributed by atoms with Gasteiger partial charge in [-0.3, -0.25) is 14.8 Å². The van der Waals surface area contributed by atoms with E-state index < -0.39 is 23.4 Å². The van der Waals surface area contributed by atoms with E-state index in [-0.39, 0.29) is 0 Å². The summed E-state index contributed by atoms with van der Waals surface area (Å²) in [5.74, 6) is -1.19. The quantitative estimate of drug-likeness (QED) is 0.454. The minimum absolute atomic E-state index is 0.414. The van der Waals surface area contributed by atoms with Crippen molar-refractivity contribution in [2.24, 2.45) is 5.73 Å². The fourth-order valence-corrected chi connectivity index (χ4v) is 2.00. The molecule has 0 heterocycles. The van der Waals surface area contributed by atoms with E-state index in [0.29, 0.717) is 5.56 Å². The number of hydrogen-bond donors (Lipinski definition) is 4. The molecule has 0 saturated heterocycles. The molecule has 6 nitrogen and oxygen atoms in total. The van der Waals surface area contributed by atoms with E-state index in [4.69, 9.17) is 10.9 Å². The van der Waals surface area contributed by atoms with E-state index in [9.17, 15) is 9.59 Å². The molecule has 1 rings (SSSR count). The van der Waals surface area contributed by atoms with Gasteiger partial charge < -0.3 is 11.1 Å². The molecule has 0 spiro atoms. The summed E-state index contributed by atoms with van der Waals surface area (Å²) < 4.78 is 0. The Bertz CT molecular complexity index is 559. The molecular formula is C17H25N3O3. The van der Waals surface area contributed by atoms with Gasteiger partial charge in [-0.2, -0.15) is 0 Å². The number of rotatable bonds is 7. The smallest absolute Gasteiger partial charge is 0.267 e. The van der Waals surface area contributed by atoms with Gasteiger partial charge in [0.05, 0.1) is 0 Å². The average molecular weight is 319 g/mol. The fourth-order valence-electron chi connectivity index (χ4n) is 2.00. The molecule has 2 amide bonds. The number of nitrogens with one attached hydrogen (secondary N) is 2. The van der Waals surface area contributed by atoms with E-state index in [2.05, 4.69) is 18.3 Å². The van der Waals surface area contributed by atoms with Crippen LogP contribution in [0.3, 0.4) is 0 Å². The van der Waals surface area contributed by atoms with Gasteiger partial charge in [0, 0.05) is 11.1 Å². The van der Waals surface area contributed by atoms with Crippen molar-refractivity contribution in [2.45, 2.75) is 45.2 Å². The molecule has 23 heavy (non-hydrogen) atoms. The first-order chi connectivity index (χ1) is 10.8. The van der Waals surface area contributed by atoms with Crippen molar-refractivity contribution in [3.8, 4) is 0 Å². The summed E-state index contributed by atoms with van der Waals surface area (Å²) in [7, 11) is 0. The van der Waals surface area contributed by atoms with Gasteiger partial charge in [-0.15, -0.1) is 0 Å². The van der Waals surface area contributed by atoms with Crippen molar-refractivity contribution in [2.75, 3.05) is 0 Å². The minimum atomic E-state index is -1.05. The zero-order chi connectivity index (χ0) is 17.5. The van der Waals surface area contributed by atoms with Crippen molar-refractivity contribution in [3.63, 3.8) is 0 Å². The topological polar surface area (TPSA) is 104 Å². The van der Waals surface area contributed by atoms with Crippen LogP contribution in [0.4, 0.5) is 0 Å². The second kappa shape index (κ2) is 8.45. The van der Waals surface area contributed by atoms with Crippen LogP contribution in [0.5, 0.6) is 0 Å². The summed E-state index contributed by atoms with van der Waals surface area (Å²) in [5, 5.41) is 11.3. The Morgan fingerprint density at radius 2 is 1.91 bits per heavy atom. The summed E-state index contributed by atoms with van der Waals surface area (Å²) >= 11 is 0. The van der Waals surface area contributed by atoms with Gasteiger partial charge in [0.15, 0.2) is 0 Å². The monoisotopic (exact) mass is 319 g/mol. The second-order valence-corrected chi connectivity index (χ2v) is 6.02. The molecule has 1 atom stereocenters. The van der Waals surface area contributed by atoms with Crippen LogP contribution in [-0.4, -0.2) is 28.6 Å². The van der Waals surface area contributed by atoms with Crippen LogP contribution >= 0.6 is 0 Å². The Hall–Kier alpha value is -2.18. The molecule has 0 bridgehead atoms. The van der Waals surface area contributed by atoms with Crippen molar-refractivity contribution >= 4 is 17.9 Å². The Morgan fingerprint density at radius 3 is 2.39 bits per heavy atom. The highest BCUT2D eigenvalue weighted by molar-refractivity contribution is 5.98. The molecule has 1 aromatic rings. The van der Waals surface area contributed by atoms with Crippen molar-refractivity contribution in [3.05, 3.63) is 41.5 Å². The Morgan fingerprint density at radius 1 is 1.30 bits per heavy atom. The maximum Gasteiger partial charge on any atom is 0.267 e. The van der Waals surface area contributed by atoms with Crippen LogP contribution in [0.1, 0.15) is 49.5 Å². The van der Waals surface area contributed by atoms with Crippen LogP contribution < -0.4 is 16.5 Å². The third-order valence-electron chi connectivity index (χ3n) is 3.33. The highest BCUT2D eigenvalue weighted by Gasteiger charge is 2.33. The van der Waals surface area contributed by atoms with Crippen LogP contribution in [-0.2, 0) is 4.79 Å². The first kappa shape index (κ1) is 18.9. The standard InChI is InChI=1S/C17H25N3O3/c1-4-5-6-7-12-8-10-13(11-9-12)15(21)19-14(16(22)20-23)17(2,3)18/h6-11,14,23H,4-5,18H2,1-3H3,(H,19,21)(H,20,22)/b7-6+/t14-/m1/s1. The summed E-state index contributed by atoms with van der Waals surface area (Å²) in [6, 6.07) is 5.96. The fraction of sp³-hybridized carbons (Fsp3) is 0.412. The normalized spacial score (nSPS) is 12.9. The molecule has 0 aliphatic heterocycles. The number of benzene rings is 1. The van der Waals surface area contributed by atoms with Gasteiger partial charge >= 0.3 is 0 Å². The lowest BCUT2D eigenvalue weighted by Crippen LogP contribution is -2.61. The third kappa shape index (κ3) is 5.84. The summed E-state index contributed by atoms with van der Waals surface area (Å²) in [6.45, 7) is 5.29. The Balaban J connectivity index is 2.82. The van der Waals surface area contributed by atoms with Crippen LogP contribution in [0.15, 0.2) is 30.3 Å². The van der Waals surface area contributed by atoms with Crippen molar-refractivity contribution < 1.29 is 14.8 Å². The van der Waals surface area contributed by atoms with E-state index in [1.54, 1.807) is 26.0 Å². The predicted molar refractivity (Wildman–Crippen MR) is 89.8 cm³/mol. The lowest BCUT2D eigenvalue weighted by molar-refractivity contribution is -0.132. The lowest BCUT2D eigenvalue weighted by atomic mass is 9.95. The van der Waals surface area contributed by atoms with Gasteiger partial charge in [0.25, 0.3) is 11.8 Å². The van der Waals surface area contributed by atoms with E-state index in [0.717, 1.165) is 18.4 Å². The zero-order valence-corrected chi connectivity index (χ0v) is 13.8. The molecule has 0 aliphatic carbocycles. The summed E-state index contributed by atoms with van der Waals surface area (Å²) in [5.41, 5.74) is 7.79. The number of hydroxylamine groups is 1. The minimum Gasteiger partial charge on any atom is -0.338 e. The number of amides is 2. The molecule has 5 N–H and O–H groups in total. The molecule has 0 unspecified atom stereocenters. The molecule has 6 heteroatoms. The van der Waals surface area contributed by atoms with Gasteiger partial charge in [0.1, 0.15) is 6.04 Å². The molecule has 1 aromatic carbocycles. The van der Waals surface area contributed by atoms with E-state index in [1.807, 2.05) is 18.2 Å². The van der Waals surface area contributed by atoms with Gasteiger partial charge in [-0.1, -0.05) is 37.6 Å². The highest BCUT2D eigenvalue weighted by atomic mass is 16.5. The number of carbonyl (C=O) groups is 2. The average Bonchev–Trinajstić information content (AvgIpc) is 2.51. The van der Waals surface area contributed by atoms with Gasteiger partial charge in [0.2, 0.25) is 0 Å². The summed E-state index contributed by atoms with van der Waals surface area (Å²) in [6.07, 6.45) is 6.16. The molecular weight excluding hydrogens is 294 g/mol. The summed E-state index contributed by atoms with van der Waals surface area (Å²) in [4.78, 5) is 23.9. The lowest BCUT2D eigenvalue weighted by Gasteiger charge is -2.29. The first-order valence-electron chi connectivity index (χ1n) is 7.60. The molecule has 0 fully saturated rings. The Labute approximate surface area is 136 Å². The number of allylic oxidation sites excluding steroid dienone is 1. The van der Waals surface area contributed by atoms with E-state index in [1.165, 1.54) is 5.48 Å². The number of unbranched alkanes of at least 4 members (excludes halogenated alkanes) is 1. The molecule has 0 radical (unpaired) electrons. The van der Waals surface area contributed by atoms with Crippen molar-refractivity contribution in [1.82, 2.24) is 10.8 Å². The zero-order valence-electron chi connectivity index (χ0n) is 13.8. The molecule has 0 aliphatic rings. The number of nitrogens with two attached hydrogens (primary N) is 1. The number of carbonyl (C=O) groups excluding carboxylic acids is 2. The third-order valence-corrected chi connectivity index (χ3v) is 3.33. The molecule has 0 saturated carbocycles. The van der Waals surface area contributed by atoms with Gasteiger partial charge in [-0.05, 0) is 38.0 Å². The maximum atomic E-state index is 12.2. The van der Waals surface area contributed by atoms with Crippen LogP contribution in [0.25, 0.3) is 6.08 Å². The maximum absolute atomic E-state index is 12.2. The van der Waals surface area contributed by atoms with E-state index >= 15 is 0 Å². The van der Waals surface area contributed by atoms with Gasteiger partial charge in [-0.25, -0.2) is 5.48 Å². The SMILES string of the molecule is CCC/C=C/c1ccc(C(=O)N[C@H](C(=O)NO)C(C)(C)N)cc1.